The Morgan fingerprint density at radius 2 is 1.84 bits per heavy atom. The predicted molar refractivity (Wildman–Crippen MR) is 141 cm³/mol. The molecular formula is C27H38N4O7. The number of hydrogen-bond acceptors (Lipinski definition) is 10. The van der Waals surface area contributed by atoms with Crippen molar-refractivity contribution in [1.82, 2.24) is 10.2 Å². The predicted octanol–water partition coefficient (Wildman–Crippen LogP) is 0.527. The van der Waals surface area contributed by atoms with Crippen molar-refractivity contribution in [3.63, 3.8) is 0 Å². The van der Waals surface area contributed by atoms with Crippen LogP contribution in [-0.2, 0) is 22.6 Å². The second-order valence-corrected chi connectivity index (χ2v) is 11.0. The van der Waals surface area contributed by atoms with Crippen LogP contribution >= 0.6 is 0 Å². The second-order valence-electron chi connectivity index (χ2n) is 11.0. The molecule has 3 unspecified atom stereocenters. The average molecular weight is 531 g/mol. The molecule has 38 heavy (non-hydrogen) atoms. The molecule has 8 N–H and O–H groups in total. The summed E-state index contributed by atoms with van der Waals surface area (Å²) >= 11 is 0. The summed E-state index contributed by atoms with van der Waals surface area (Å²) in [5, 5.41) is 59.0. The number of nitrogens with one attached hydrogen (secondary N) is 1. The smallest absolute Gasteiger partial charge is 0.253 e. The van der Waals surface area contributed by atoms with E-state index in [1.165, 1.54) is 0 Å². The van der Waals surface area contributed by atoms with E-state index >= 15 is 0 Å². The number of amides is 1. The first kappa shape index (κ1) is 27.9. The summed E-state index contributed by atoms with van der Waals surface area (Å²) in [5.74, 6) is -9.03. The van der Waals surface area contributed by atoms with Crippen LogP contribution in [0.25, 0.3) is 5.76 Å². The molecule has 0 saturated heterocycles. The number of rotatable bonds is 7. The van der Waals surface area contributed by atoms with E-state index in [-0.39, 0.29) is 23.3 Å². The first-order valence-corrected chi connectivity index (χ1v) is 12.8. The third-order valence-corrected chi connectivity index (χ3v) is 8.12. The minimum atomic E-state index is -3.04. The third-order valence-electron chi connectivity index (χ3n) is 8.12. The van der Waals surface area contributed by atoms with Crippen LogP contribution in [-0.4, -0.2) is 88.7 Å². The van der Waals surface area contributed by atoms with Crippen LogP contribution < -0.4 is 16.0 Å². The standard InChI is InChI=1S/C27H38N4O7/c1-6-7-29-11-13-10-16(30(2)3)14-8-12-9-15-19(24(34)17(12)23(33)18(14)22(13)32)27(37,38)20(26(28)36)25(35)21(15)31(4)5/h10,12,15,19,21,29,32-33,35,37-38H,6-9,11H2,1-5H3,(H2,28,36)/t12?,15?,19?,21-/m1/s1. The number of aliphatic hydroxyl groups excluding tert-OH is 2. The summed E-state index contributed by atoms with van der Waals surface area (Å²) in [6.07, 6.45) is 1.42. The molecule has 0 aliphatic heterocycles. The van der Waals surface area contributed by atoms with Crippen molar-refractivity contribution in [2.24, 2.45) is 23.5 Å². The van der Waals surface area contributed by atoms with Crippen LogP contribution in [0.5, 0.6) is 5.75 Å². The van der Waals surface area contributed by atoms with E-state index < -0.39 is 58.4 Å². The number of ketones is 1. The van der Waals surface area contributed by atoms with Crippen LogP contribution in [0.3, 0.4) is 0 Å². The van der Waals surface area contributed by atoms with Gasteiger partial charge >= 0.3 is 0 Å². The number of carbonyl (C=O) groups is 2. The van der Waals surface area contributed by atoms with E-state index in [0.717, 1.165) is 18.7 Å². The summed E-state index contributed by atoms with van der Waals surface area (Å²) in [4.78, 5) is 29.7. The SMILES string of the molecule is CCCNCc1cc(N(C)C)c2c(c1O)C(O)=C1C(=O)C3C(CC1C2)[C@@H](N(C)C)C(O)=C(C(N)=O)C3(O)O. The zero-order valence-electron chi connectivity index (χ0n) is 22.4. The maximum Gasteiger partial charge on any atom is 0.253 e. The Kier molecular flexibility index (Phi) is 7.26. The van der Waals surface area contributed by atoms with Crippen molar-refractivity contribution >= 4 is 23.1 Å². The van der Waals surface area contributed by atoms with Crippen LogP contribution in [0.1, 0.15) is 36.5 Å². The molecule has 11 heteroatoms. The number of carbonyl (C=O) groups excluding carboxylic acids is 2. The number of benzene rings is 1. The van der Waals surface area contributed by atoms with E-state index in [1.807, 2.05) is 32.0 Å². The summed E-state index contributed by atoms with van der Waals surface area (Å²) in [5.41, 5.74) is 6.73. The molecule has 208 valence electrons. The van der Waals surface area contributed by atoms with Crippen LogP contribution in [0.2, 0.25) is 0 Å². The molecule has 0 heterocycles. The molecule has 1 aromatic carbocycles. The maximum absolute atomic E-state index is 14.0. The molecule has 1 saturated carbocycles. The normalized spacial score (nSPS) is 26.3. The first-order valence-electron chi connectivity index (χ1n) is 12.8. The lowest BCUT2D eigenvalue weighted by Crippen LogP contribution is -2.62. The summed E-state index contributed by atoms with van der Waals surface area (Å²) < 4.78 is 0. The highest BCUT2D eigenvalue weighted by molar-refractivity contribution is 6.08. The van der Waals surface area contributed by atoms with Gasteiger partial charge in [-0.2, -0.15) is 0 Å². The van der Waals surface area contributed by atoms with Crippen molar-refractivity contribution in [1.29, 1.82) is 0 Å². The highest BCUT2D eigenvalue weighted by atomic mass is 16.5. The fourth-order valence-electron chi connectivity index (χ4n) is 6.59. The van der Waals surface area contributed by atoms with Gasteiger partial charge in [0.15, 0.2) is 5.78 Å². The van der Waals surface area contributed by atoms with Gasteiger partial charge in [0, 0.05) is 37.5 Å². The van der Waals surface area contributed by atoms with Gasteiger partial charge in [0.05, 0.1) is 17.5 Å². The zero-order chi connectivity index (χ0) is 28.3. The summed E-state index contributed by atoms with van der Waals surface area (Å²) in [7, 11) is 7.02. The largest absolute Gasteiger partial charge is 0.510 e. The number of Topliss-reactive ketones (excluding diaryl/α,β-unsaturated/α-hetero) is 1. The zero-order valence-corrected chi connectivity index (χ0v) is 22.4. The highest BCUT2D eigenvalue weighted by Crippen LogP contribution is 2.54. The Bertz CT molecular complexity index is 1230. The minimum absolute atomic E-state index is 0.0207. The third kappa shape index (κ3) is 4.14. The van der Waals surface area contributed by atoms with Crippen LogP contribution in [0, 0.1) is 17.8 Å². The lowest BCUT2D eigenvalue weighted by Gasteiger charge is -2.51. The minimum Gasteiger partial charge on any atom is -0.510 e. The quantitative estimate of drug-likeness (QED) is 0.194. The van der Waals surface area contributed by atoms with E-state index in [4.69, 9.17) is 5.73 Å². The fourth-order valence-corrected chi connectivity index (χ4v) is 6.59. The van der Waals surface area contributed by atoms with E-state index in [2.05, 4.69) is 5.32 Å². The molecule has 0 spiro atoms. The van der Waals surface area contributed by atoms with Gasteiger partial charge in [-0.3, -0.25) is 14.5 Å². The number of anilines is 1. The van der Waals surface area contributed by atoms with E-state index in [9.17, 15) is 35.1 Å². The molecule has 11 nitrogen and oxygen atoms in total. The van der Waals surface area contributed by atoms with Gasteiger partial charge in [0.1, 0.15) is 22.8 Å². The number of allylic oxidation sites excluding steroid dienone is 1. The lowest BCUT2D eigenvalue weighted by atomic mass is 9.58. The number of aromatic hydroxyl groups is 1. The number of phenolic OH excluding ortho intramolecular Hbond substituents is 1. The van der Waals surface area contributed by atoms with Crippen molar-refractivity contribution in [3.05, 3.63) is 39.7 Å². The number of aliphatic hydroxyl groups is 4. The molecule has 0 radical (unpaired) electrons. The van der Waals surface area contributed by atoms with Gasteiger partial charge in [-0.05, 0) is 63.4 Å². The van der Waals surface area contributed by atoms with Crippen molar-refractivity contribution in [2.75, 3.05) is 39.6 Å². The van der Waals surface area contributed by atoms with Gasteiger partial charge < -0.3 is 41.5 Å². The second kappa shape index (κ2) is 9.88. The van der Waals surface area contributed by atoms with Crippen LogP contribution in [0.4, 0.5) is 5.69 Å². The Morgan fingerprint density at radius 3 is 2.39 bits per heavy atom. The maximum atomic E-state index is 14.0. The van der Waals surface area contributed by atoms with Gasteiger partial charge in [-0.25, -0.2) is 0 Å². The molecule has 0 aromatic heterocycles. The molecule has 0 bridgehead atoms. The molecule has 1 amide bonds. The molecule has 4 rings (SSSR count). The van der Waals surface area contributed by atoms with Crippen molar-refractivity contribution in [3.8, 4) is 5.75 Å². The van der Waals surface area contributed by atoms with Gasteiger partial charge in [0.25, 0.3) is 5.91 Å². The molecule has 4 atom stereocenters. The van der Waals surface area contributed by atoms with Crippen molar-refractivity contribution < 1.29 is 35.1 Å². The number of nitrogens with two attached hydrogens (primary N) is 1. The van der Waals surface area contributed by atoms with Crippen LogP contribution in [0.15, 0.2) is 23.0 Å². The Balaban J connectivity index is 1.91. The molecule has 1 fully saturated rings. The topological polar surface area (TPSA) is 180 Å². The summed E-state index contributed by atoms with van der Waals surface area (Å²) in [6.45, 7) is 3.11. The Morgan fingerprint density at radius 1 is 1.18 bits per heavy atom. The van der Waals surface area contributed by atoms with Gasteiger partial charge in [-0.15, -0.1) is 0 Å². The molecule has 1 aromatic rings. The van der Waals surface area contributed by atoms with E-state index in [1.54, 1.807) is 19.0 Å². The van der Waals surface area contributed by atoms with Gasteiger partial charge in [-0.1, -0.05) is 6.92 Å². The monoisotopic (exact) mass is 530 g/mol. The number of nitrogens with zero attached hydrogens (tertiary/aromatic N) is 2. The highest BCUT2D eigenvalue weighted by Gasteiger charge is 2.62. The number of hydrogen-bond donors (Lipinski definition) is 7. The number of fused-ring (bicyclic) bond motifs is 3. The Hall–Kier alpha value is -3.12. The number of primary amides is 1. The molecule has 3 aliphatic rings. The Labute approximate surface area is 221 Å². The molecular weight excluding hydrogens is 492 g/mol. The summed E-state index contributed by atoms with van der Waals surface area (Å²) in [6, 6.07) is 0.990. The molecule has 3 aliphatic carbocycles. The fraction of sp³-hybridized carbons (Fsp3) is 0.556. The van der Waals surface area contributed by atoms with E-state index in [0.29, 0.717) is 24.1 Å². The lowest BCUT2D eigenvalue weighted by molar-refractivity contribution is -0.203. The van der Waals surface area contributed by atoms with Crippen molar-refractivity contribution in [2.45, 2.75) is 44.6 Å². The average Bonchev–Trinajstić information content (AvgIpc) is 2.78. The first-order chi connectivity index (χ1) is 17.7. The van der Waals surface area contributed by atoms with Gasteiger partial charge in [0.2, 0.25) is 5.79 Å². The number of phenols is 1. The number of likely N-dealkylation sites (N-methyl/N-ethyl adjacent to an activating group) is 1.